The highest BCUT2D eigenvalue weighted by molar-refractivity contribution is 6.30. The van der Waals surface area contributed by atoms with Gasteiger partial charge in [0, 0.05) is 23.2 Å². The number of nitro groups is 1. The molecule has 1 aromatic heterocycles. The maximum atomic E-state index is 10.9. The number of pyridine rings is 1. The zero-order valence-corrected chi connectivity index (χ0v) is 11.0. The van der Waals surface area contributed by atoms with Crippen LogP contribution in [0, 0.1) is 10.1 Å². The first-order valence-electron chi connectivity index (χ1n) is 5.76. The van der Waals surface area contributed by atoms with Crippen LogP contribution >= 0.6 is 11.6 Å². The molecule has 0 amide bonds. The molecule has 2 rings (SSSR count). The van der Waals surface area contributed by atoms with Gasteiger partial charge in [0.25, 0.3) is 5.69 Å². The van der Waals surface area contributed by atoms with Crippen LogP contribution in [0.1, 0.15) is 6.92 Å². The smallest absolute Gasteiger partial charge is 0.275 e. The molecule has 0 aliphatic heterocycles. The lowest BCUT2D eigenvalue weighted by atomic mass is 10.1. The van der Waals surface area contributed by atoms with Gasteiger partial charge in [0.05, 0.1) is 16.7 Å². The standard InChI is InChI=1S/C13H12ClN3O2/c1-2-15-13-8-11(17(18)19)7-12(16-13)9-3-5-10(14)6-4-9/h3-8H,2H2,1H3,(H,15,16). The number of aromatic nitrogens is 1. The molecule has 5 nitrogen and oxygen atoms in total. The van der Waals surface area contributed by atoms with Crippen LogP contribution in [-0.4, -0.2) is 16.5 Å². The minimum Gasteiger partial charge on any atom is -0.370 e. The van der Waals surface area contributed by atoms with E-state index < -0.39 is 4.92 Å². The molecule has 0 fully saturated rings. The van der Waals surface area contributed by atoms with E-state index in [1.807, 2.05) is 6.92 Å². The zero-order valence-electron chi connectivity index (χ0n) is 10.3. The van der Waals surface area contributed by atoms with Crippen LogP contribution in [0.5, 0.6) is 0 Å². The molecule has 0 aliphatic carbocycles. The predicted molar refractivity (Wildman–Crippen MR) is 75.5 cm³/mol. The Hall–Kier alpha value is -2.14. The molecule has 19 heavy (non-hydrogen) atoms. The van der Waals surface area contributed by atoms with Crippen molar-refractivity contribution in [3.63, 3.8) is 0 Å². The molecule has 0 bridgehead atoms. The van der Waals surface area contributed by atoms with Crippen LogP contribution in [0.3, 0.4) is 0 Å². The number of hydrogen-bond acceptors (Lipinski definition) is 4. The van der Waals surface area contributed by atoms with E-state index in [1.54, 1.807) is 24.3 Å². The topological polar surface area (TPSA) is 68.1 Å². The summed E-state index contributed by atoms with van der Waals surface area (Å²) in [6.45, 7) is 2.55. The van der Waals surface area contributed by atoms with E-state index in [4.69, 9.17) is 11.6 Å². The molecule has 6 heteroatoms. The molecule has 1 heterocycles. The molecule has 98 valence electrons. The Morgan fingerprint density at radius 2 is 2.00 bits per heavy atom. The molecular weight excluding hydrogens is 266 g/mol. The molecule has 0 unspecified atom stereocenters. The van der Waals surface area contributed by atoms with Crippen molar-refractivity contribution in [3.05, 3.63) is 51.5 Å². The van der Waals surface area contributed by atoms with E-state index in [9.17, 15) is 10.1 Å². The van der Waals surface area contributed by atoms with E-state index >= 15 is 0 Å². The van der Waals surface area contributed by atoms with Gasteiger partial charge >= 0.3 is 0 Å². The lowest BCUT2D eigenvalue weighted by Crippen LogP contribution is -2.01. The van der Waals surface area contributed by atoms with E-state index in [0.717, 1.165) is 5.56 Å². The first-order valence-corrected chi connectivity index (χ1v) is 6.14. The summed E-state index contributed by atoms with van der Waals surface area (Å²) in [6.07, 6.45) is 0. The lowest BCUT2D eigenvalue weighted by molar-refractivity contribution is -0.384. The summed E-state index contributed by atoms with van der Waals surface area (Å²) >= 11 is 5.82. The van der Waals surface area contributed by atoms with Crippen molar-refractivity contribution in [2.75, 3.05) is 11.9 Å². The van der Waals surface area contributed by atoms with Crippen molar-refractivity contribution in [1.82, 2.24) is 4.98 Å². The van der Waals surface area contributed by atoms with Crippen LogP contribution in [0.4, 0.5) is 11.5 Å². The average Bonchev–Trinajstić information content (AvgIpc) is 2.39. The minimum atomic E-state index is -0.429. The predicted octanol–water partition coefficient (Wildman–Crippen LogP) is 3.74. The maximum absolute atomic E-state index is 10.9. The first kappa shape index (κ1) is 13.3. The van der Waals surface area contributed by atoms with Crippen LogP contribution in [0.2, 0.25) is 5.02 Å². The normalized spacial score (nSPS) is 10.2. The Balaban J connectivity index is 2.49. The fraction of sp³-hybridized carbons (Fsp3) is 0.154. The summed E-state index contributed by atoms with van der Waals surface area (Å²) < 4.78 is 0. The van der Waals surface area contributed by atoms with Gasteiger partial charge in [0.2, 0.25) is 0 Å². The fourth-order valence-electron chi connectivity index (χ4n) is 1.66. The Kier molecular flexibility index (Phi) is 3.97. The second-order valence-corrected chi connectivity index (χ2v) is 4.33. The largest absolute Gasteiger partial charge is 0.370 e. The van der Waals surface area contributed by atoms with Crippen molar-refractivity contribution in [3.8, 4) is 11.3 Å². The van der Waals surface area contributed by atoms with Crippen molar-refractivity contribution in [2.45, 2.75) is 6.92 Å². The lowest BCUT2D eigenvalue weighted by Gasteiger charge is -2.06. The molecule has 2 aromatic rings. The van der Waals surface area contributed by atoms with E-state index in [-0.39, 0.29) is 5.69 Å². The van der Waals surface area contributed by atoms with Gasteiger partial charge in [-0.1, -0.05) is 23.7 Å². The Morgan fingerprint density at radius 3 is 2.58 bits per heavy atom. The second kappa shape index (κ2) is 5.67. The number of anilines is 1. The monoisotopic (exact) mass is 277 g/mol. The average molecular weight is 278 g/mol. The Bertz CT molecular complexity index is 599. The second-order valence-electron chi connectivity index (χ2n) is 3.89. The molecule has 0 saturated carbocycles. The number of rotatable bonds is 4. The summed E-state index contributed by atoms with van der Waals surface area (Å²) in [4.78, 5) is 14.8. The van der Waals surface area contributed by atoms with Gasteiger partial charge in [-0.3, -0.25) is 10.1 Å². The summed E-state index contributed by atoms with van der Waals surface area (Å²) in [6, 6.07) is 9.88. The summed E-state index contributed by atoms with van der Waals surface area (Å²) in [5.41, 5.74) is 1.34. The Labute approximate surface area is 115 Å². The fourth-order valence-corrected chi connectivity index (χ4v) is 1.79. The highest BCUT2D eigenvalue weighted by Crippen LogP contribution is 2.26. The number of benzene rings is 1. The Morgan fingerprint density at radius 1 is 1.32 bits per heavy atom. The summed E-state index contributed by atoms with van der Waals surface area (Å²) in [5.74, 6) is 0.488. The molecule has 1 aromatic carbocycles. The van der Waals surface area contributed by atoms with Crippen molar-refractivity contribution < 1.29 is 4.92 Å². The van der Waals surface area contributed by atoms with Crippen LogP contribution < -0.4 is 5.32 Å². The van der Waals surface area contributed by atoms with Gasteiger partial charge in [-0.25, -0.2) is 4.98 Å². The number of nitrogens with zero attached hydrogens (tertiary/aromatic N) is 2. The van der Waals surface area contributed by atoms with Crippen molar-refractivity contribution in [2.24, 2.45) is 0 Å². The number of halogens is 1. The molecule has 0 aliphatic rings. The third-order valence-electron chi connectivity index (χ3n) is 2.52. The van der Waals surface area contributed by atoms with E-state index in [0.29, 0.717) is 23.1 Å². The molecule has 0 spiro atoms. The third kappa shape index (κ3) is 3.20. The van der Waals surface area contributed by atoms with Gasteiger partial charge in [0.1, 0.15) is 5.82 Å². The minimum absolute atomic E-state index is 0.0101. The third-order valence-corrected chi connectivity index (χ3v) is 2.77. The van der Waals surface area contributed by atoms with Gasteiger partial charge in [-0.05, 0) is 19.1 Å². The van der Waals surface area contributed by atoms with E-state index in [2.05, 4.69) is 10.3 Å². The number of hydrogen-bond donors (Lipinski definition) is 1. The molecule has 0 saturated heterocycles. The molecule has 0 radical (unpaired) electrons. The summed E-state index contributed by atoms with van der Waals surface area (Å²) in [5, 5.41) is 14.5. The van der Waals surface area contributed by atoms with E-state index in [1.165, 1.54) is 12.1 Å². The first-order chi connectivity index (χ1) is 9.10. The van der Waals surface area contributed by atoms with Crippen molar-refractivity contribution >= 4 is 23.1 Å². The molecular formula is C13H12ClN3O2. The highest BCUT2D eigenvalue weighted by Gasteiger charge is 2.12. The quantitative estimate of drug-likeness (QED) is 0.683. The van der Waals surface area contributed by atoms with Gasteiger partial charge < -0.3 is 5.32 Å². The van der Waals surface area contributed by atoms with Gasteiger partial charge in [-0.2, -0.15) is 0 Å². The van der Waals surface area contributed by atoms with Gasteiger partial charge in [-0.15, -0.1) is 0 Å². The van der Waals surface area contributed by atoms with Crippen LogP contribution in [0.15, 0.2) is 36.4 Å². The van der Waals surface area contributed by atoms with Crippen LogP contribution in [0.25, 0.3) is 11.3 Å². The summed E-state index contributed by atoms with van der Waals surface area (Å²) in [7, 11) is 0. The highest BCUT2D eigenvalue weighted by atomic mass is 35.5. The van der Waals surface area contributed by atoms with Crippen LogP contribution in [-0.2, 0) is 0 Å². The zero-order chi connectivity index (χ0) is 13.8. The van der Waals surface area contributed by atoms with Crippen molar-refractivity contribution in [1.29, 1.82) is 0 Å². The molecule has 1 N–H and O–H groups in total. The SMILES string of the molecule is CCNc1cc([N+](=O)[O-])cc(-c2ccc(Cl)cc2)n1. The number of nitrogens with one attached hydrogen (secondary N) is 1. The maximum Gasteiger partial charge on any atom is 0.275 e. The van der Waals surface area contributed by atoms with Gasteiger partial charge in [0.15, 0.2) is 0 Å². The molecule has 0 atom stereocenters.